The number of nitrogens with one attached hydrogen (secondary N) is 1. The number of carbonyl (C=O) groups is 3. The van der Waals surface area contributed by atoms with Crippen molar-refractivity contribution in [3.63, 3.8) is 0 Å². The van der Waals surface area contributed by atoms with Crippen LogP contribution in [0.25, 0.3) is 0 Å². The van der Waals surface area contributed by atoms with Gasteiger partial charge in [0.2, 0.25) is 5.91 Å². The minimum atomic E-state index is -0.650. The molecule has 108 valence electrons. The molecular weight excluding hydrogens is 254 g/mol. The van der Waals surface area contributed by atoms with Crippen LogP contribution in [0.5, 0.6) is 0 Å². The van der Waals surface area contributed by atoms with Crippen molar-refractivity contribution in [3.8, 4) is 0 Å². The summed E-state index contributed by atoms with van der Waals surface area (Å²) in [5, 5.41) is 2.34. The molecule has 0 fully saturated rings. The van der Waals surface area contributed by atoms with Crippen molar-refractivity contribution in [2.45, 2.75) is 26.6 Å². The Morgan fingerprint density at radius 3 is 2.63 bits per heavy atom. The van der Waals surface area contributed by atoms with Gasteiger partial charge in [-0.05, 0) is 13.8 Å². The van der Waals surface area contributed by atoms with E-state index < -0.39 is 24.1 Å². The second-order valence-electron chi connectivity index (χ2n) is 3.41. The Labute approximate surface area is 111 Å². The van der Waals surface area contributed by atoms with E-state index in [1.807, 2.05) is 0 Å². The van der Waals surface area contributed by atoms with E-state index in [0.717, 1.165) is 6.08 Å². The Morgan fingerprint density at radius 1 is 1.37 bits per heavy atom. The van der Waals surface area contributed by atoms with Gasteiger partial charge < -0.3 is 19.5 Å². The summed E-state index contributed by atoms with van der Waals surface area (Å²) < 4.78 is 14.4. The topological polar surface area (TPSA) is 90.9 Å². The van der Waals surface area contributed by atoms with Crippen LogP contribution in [-0.2, 0) is 28.6 Å². The first-order valence-corrected chi connectivity index (χ1v) is 5.86. The molecule has 0 spiro atoms. The second-order valence-corrected chi connectivity index (χ2v) is 3.41. The van der Waals surface area contributed by atoms with Gasteiger partial charge in [0.05, 0.1) is 6.42 Å². The van der Waals surface area contributed by atoms with Crippen LogP contribution in [-0.4, -0.2) is 43.9 Å². The standard InChI is InChI=1S/C12H19NO6/c1-4-11(15)18-7-6-10(14)13-8-12(16)19-9(3)17-5-2/h4,9H,1,5-8H2,2-3H3,(H,13,14). The van der Waals surface area contributed by atoms with Gasteiger partial charge in [-0.1, -0.05) is 6.58 Å². The van der Waals surface area contributed by atoms with Gasteiger partial charge in [-0.25, -0.2) is 4.79 Å². The lowest BCUT2D eigenvalue weighted by Gasteiger charge is -2.13. The van der Waals surface area contributed by atoms with Crippen LogP contribution in [0.15, 0.2) is 12.7 Å². The normalized spacial score (nSPS) is 11.3. The van der Waals surface area contributed by atoms with Crippen molar-refractivity contribution >= 4 is 17.8 Å². The molecule has 0 aromatic carbocycles. The lowest BCUT2D eigenvalue weighted by Crippen LogP contribution is -2.33. The first-order chi connectivity index (χ1) is 8.99. The summed E-state index contributed by atoms with van der Waals surface area (Å²) in [7, 11) is 0. The third-order valence-electron chi connectivity index (χ3n) is 1.87. The predicted molar refractivity (Wildman–Crippen MR) is 66.0 cm³/mol. The van der Waals surface area contributed by atoms with Crippen molar-refractivity contribution in [1.29, 1.82) is 0 Å². The first-order valence-electron chi connectivity index (χ1n) is 5.86. The fourth-order valence-corrected chi connectivity index (χ4v) is 1.06. The van der Waals surface area contributed by atoms with Gasteiger partial charge in [-0.15, -0.1) is 0 Å². The van der Waals surface area contributed by atoms with Crippen LogP contribution in [0, 0.1) is 0 Å². The van der Waals surface area contributed by atoms with Gasteiger partial charge in [-0.2, -0.15) is 0 Å². The summed E-state index contributed by atoms with van der Waals surface area (Å²) in [5.41, 5.74) is 0. The molecule has 0 aromatic heterocycles. The van der Waals surface area contributed by atoms with Gasteiger partial charge in [0.15, 0.2) is 6.29 Å². The van der Waals surface area contributed by atoms with E-state index in [9.17, 15) is 14.4 Å². The monoisotopic (exact) mass is 273 g/mol. The maximum Gasteiger partial charge on any atom is 0.330 e. The van der Waals surface area contributed by atoms with Gasteiger partial charge >= 0.3 is 11.9 Å². The van der Waals surface area contributed by atoms with Gasteiger partial charge in [0.1, 0.15) is 13.2 Å². The molecule has 1 amide bonds. The molecule has 0 aromatic rings. The van der Waals surface area contributed by atoms with E-state index in [1.165, 1.54) is 0 Å². The number of carbonyl (C=O) groups excluding carboxylic acids is 3. The molecule has 7 nitrogen and oxygen atoms in total. The summed E-state index contributed by atoms with van der Waals surface area (Å²) in [6.45, 7) is 6.67. The van der Waals surface area contributed by atoms with Crippen LogP contribution < -0.4 is 5.32 Å². The van der Waals surface area contributed by atoms with E-state index in [1.54, 1.807) is 13.8 Å². The average molecular weight is 273 g/mol. The molecule has 0 aliphatic carbocycles. The molecule has 1 N–H and O–H groups in total. The predicted octanol–water partition coefficient (Wildman–Crippen LogP) is 0.148. The summed E-state index contributed by atoms with van der Waals surface area (Å²) in [4.78, 5) is 33.2. The molecule has 0 aliphatic heterocycles. The quantitative estimate of drug-likeness (QED) is 0.365. The molecular formula is C12H19NO6. The van der Waals surface area contributed by atoms with Gasteiger partial charge in [0.25, 0.3) is 0 Å². The highest BCUT2D eigenvalue weighted by atomic mass is 16.7. The molecule has 7 heteroatoms. The van der Waals surface area contributed by atoms with E-state index in [2.05, 4.69) is 16.6 Å². The van der Waals surface area contributed by atoms with Crippen molar-refractivity contribution in [1.82, 2.24) is 5.32 Å². The zero-order valence-corrected chi connectivity index (χ0v) is 11.1. The number of ether oxygens (including phenoxy) is 3. The Balaban J connectivity index is 3.69. The molecule has 0 radical (unpaired) electrons. The highest BCUT2D eigenvalue weighted by molar-refractivity contribution is 5.83. The lowest BCUT2D eigenvalue weighted by atomic mass is 10.4. The molecule has 0 rings (SSSR count). The molecule has 0 saturated heterocycles. The van der Waals surface area contributed by atoms with Crippen LogP contribution in [0.4, 0.5) is 0 Å². The fourth-order valence-electron chi connectivity index (χ4n) is 1.06. The van der Waals surface area contributed by atoms with Crippen molar-refractivity contribution < 1.29 is 28.6 Å². The molecule has 0 bridgehead atoms. The third-order valence-corrected chi connectivity index (χ3v) is 1.87. The smallest absolute Gasteiger partial charge is 0.330 e. The zero-order chi connectivity index (χ0) is 14.7. The fraction of sp³-hybridized carbons (Fsp3) is 0.583. The summed E-state index contributed by atoms with van der Waals surface area (Å²) in [6, 6.07) is 0. The molecule has 1 unspecified atom stereocenters. The van der Waals surface area contributed by atoms with Crippen LogP contribution in [0.3, 0.4) is 0 Å². The zero-order valence-electron chi connectivity index (χ0n) is 11.1. The van der Waals surface area contributed by atoms with Crippen molar-refractivity contribution in [2.75, 3.05) is 19.8 Å². The third kappa shape index (κ3) is 9.78. The maximum absolute atomic E-state index is 11.3. The summed E-state index contributed by atoms with van der Waals surface area (Å²) in [6.07, 6.45) is 0.320. The number of amides is 1. The highest BCUT2D eigenvalue weighted by Crippen LogP contribution is 1.93. The number of hydrogen-bond acceptors (Lipinski definition) is 6. The summed E-state index contributed by atoms with van der Waals surface area (Å²) >= 11 is 0. The Bertz CT molecular complexity index is 328. The average Bonchev–Trinajstić information content (AvgIpc) is 2.36. The van der Waals surface area contributed by atoms with Crippen molar-refractivity contribution in [2.24, 2.45) is 0 Å². The number of esters is 2. The van der Waals surface area contributed by atoms with E-state index in [0.29, 0.717) is 6.61 Å². The van der Waals surface area contributed by atoms with Crippen LogP contribution in [0.2, 0.25) is 0 Å². The number of hydrogen-bond donors (Lipinski definition) is 1. The SMILES string of the molecule is C=CC(=O)OCCC(=O)NCC(=O)OC(C)OCC. The number of rotatable bonds is 9. The van der Waals surface area contributed by atoms with Crippen LogP contribution >= 0.6 is 0 Å². The van der Waals surface area contributed by atoms with E-state index >= 15 is 0 Å². The highest BCUT2D eigenvalue weighted by Gasteiger charge is 2.10. The van der Waals surface area contributed by atoms with Gasteiger partial charge in [-0.3, -0.25) is 9.59 Å². The second kappa shape index (κ2) is 10.1. The Hall–Kier alpha value is -1.89. The molecule has 0 saturated carbocycles. The summed E-state index contributed by atoms with van der Waals surface area (Å²) in [5.74, 6) is -1.62. The Morgan fingerprint density at radius 2 is 2.05 bits per heavy atom. The Kier molecular flexibility index (Phi) is 9.07. The molecule has 19 heavy (non-hydrogen) atoms. The first kappa shape index (κ1) is 17.1. The molecule has 0 heterocycles. The minimum Gasteiger partial charge on any atom is -0.462 e. The van der Waals surface area contributed by atoms with E-state index in [4.69, 9.17) is 9.47 Å². The van der Waals surface area contributed by atoms with Gasteiger partial charge in [0, 0.05) is 12.7 Å². The lowest BCUT2D eigenvalue weighted by molar-refractivity contribution is -0.173. The minimum absolute atomic E-state index is 0.0339. The maximum atomic E-state index is 11.3. The molecule has 0 aliphatic rings. The van der Waals surface area contributed by atoms with E-state index in [-0.39, 0.29) is 19.6 Å². The van der Waals surface area contributed by atoms with Crippen molar-refractivity contribution in [3.05, 3.63) is 12.7 Å². The van der Waals surface area contributed by atoms with Crippen LogP contribution in [0.1, 0.15) is 20.3 Å². The largest absolute Gasteiger partial charge is 0.462 e. The molecule has 1 atom stereocenters.